The first kappa shape index (κ1) is 33.4. The van der Waals surface area contributed by atoms with Crippen LogP contribution in [0.25, 0.3) is 11.1 Å². The average Bonchev–Trinajstić information content (AvgIpc) is 2.94. The molecule has 0 bridgehead atoms. The summed E-state index contributed by atoms with van der Waals surface area (Å²) < 4.78 is 27.9. The second kappa shape index (κ2) is 15.0. The third kappa shape index (κ3) is 10.3. The quantitative estimate of drug-likeness (QED) is 0.259. The Balaban J connectivity index is 1.32. The summed E-state index contributed by atoms with van der Waals surface area (Å²) in [5.74, 6) is 0.479. The molecule has 0 radical (unpaired) electrons. The Bertz CT molecular complexity index is 1460. The molecule has 0 saturated carbocycles. The molecule has 11 heteroatoms. The number of hydrogen-bond donors (Lipinski definition) is 1. The number of carbonyl (C=O) groups excluding carboxylic acids is 3. The van der Waals surface area contributed by atoms with Gasteiger partial charge in [-0.2, -0.15) is 0 Å². The van der Waals surface area contributed by atoms with Crippen LogP contribution in [0.2, 0.25) is 0 Å². The zero-order valence-corrected chi connectivity index (χ0v) is 26.8. The third-order valence-electron chi connectivity index (χ3n) is 6.81. The van der Waals surface area contributed by atoms with Gasteiger partial charge >= 0.3 is 25.2 Å². The molecule has 0 aliphatic carbocycles. The molecule has 3 aromatic rings. The lowest BCUT2D eigenvalue weighted by atomic mass is 9.78. The molecule has 1 aliphatic heterocycles. The number of hydrogen-bond acceptors (Lipinski definition) is 9. The zero-order chi connectivity index (χ0) is 32.6. The van der Waals surface area contributed by atoms with Gasteiger partial charge in [0.1, 0.15) is 23.7 Å². The number of nitrogens with one attached hydrogen (secondary N) is 1. The van der Waals surface area contributed by atoms with Crippen LogP contribution >= 0.6 is 0 Å². The molecule has 1 fully saturated rings. The minimum absolute atomic E-state index is 0.0134. The number of benzene rings is 3. The first-order valence-electron chi connectivity index (χ1n) is 15.0. The van der Waals surface area contributed by atoms with E-state index in [1.807, 2.05) is 45.0 Å². The maximum Gasteiger partial charge on any atom is 0.636 e. The van der Waals surface area contributed by atoms with Gasteiger partial charge in [0.2, 0.25) is 0 Å². The lowest BCUT2D eigenvalue weighted by molar-refractivity contribution is -0.145. The fourth-order valence-electron chi connectivity index (χ4n) is 4.90. The summed E-state index contributed by atoms with van der Waals surface area (Å²) in [7, 11) is 0.562. The van der Waals surface area contributed by atoms with Crippen LogP contribution in [0, 0.1) is 13.8 Å². The first-order chi connectivity index (χ1) is 21.4. The van der Waals surface area contributed by atoms with Gasteiger partial charge in [-0.25, -0.2) is 4.79 Å². The van der Waals surface area contributed by atoms with Crippen molar-refractivity contribution in [1.29, 1.82) is 0 Å². The van der Waals surface area contributed by atoms with Gasteiger partial charge in [0, 0.05) is 12.0 Å². The highest BCUT2D eigenvalue weighted by atomic mass is 16.6. The monoisotopic (exact) mass is 616 g/mol. The Morgan fingerprint density at radius 3 is 2.18 bits per heavy atom. The lowest BCUT2D eigenvalue weighted by Crippen LogP contribution is -2.47. The molecule has 1 amide bonds. The van der Waals surface area contributed by atoms with Crippen molar-refractivity contribution in [1.82, 2.24) is 10.2 Å². The molecule has 3 aromatic carbocycles. The molecular weight excluding hydrogens is 575 g/mol. The molecule has 0 unspecified atom stereocenters. The van der Waals surface area contributed by atoms with Crippen molar-refractivity contribution in [3.05, 3.63) is 77.4 Å². The number of ether oxygens (including phenoxy) is 3. The van der Waals surface area contributed by atoms with Gasteiger partial charge < -0.3 is 28.8 Å². The van der Waals surface area contributed by atoms with Gasteiger partial charge in [0.15, 0.2) is 0 Å². The van der Waals surface area contributed by atoms with Crippen molar-refractivity contribution in [2.24, 2.45) is 0 Å². The van der Waals surface area contributed by atoms with Crippen LogP contribution in [-0.4, -0.2) is 68.9 Å². The minimum atomic E-state index is -1.09. The normalized spacial score (nSPS) is 14.1. The highest BCUT2D eigenvalue weighted by Crippen LogP contribution is 2.32. The van der Waals surface area contributed by atoms with E-state index in [2.05, 4.69) is 31.3 Å². The third-order valence-corrected chi connectivity index (χ3v) is 6.81. The number of aryl methyl sites for hydroxylation is 2. The molecule has 45 heavy (non-hydrogen) atoms. The molecule has 238 valence electrons. The minimum Gasteiger partial charge on any atom is -0.494 e. The SMILES string of the molecule is Cc1cc(OCCCNC(=O)OC(C)(C)C)cc(C)c1-c1cccc(COc2ccc(B3OC(=O)CN(C)CC(=O)O3)cc2)c1. The van der Waals surface area contributed by atoms with Crippen LogP contribution in [0.4, 0.5) is 4.79 Å². The van der Waals surface area contributed by atoms with Crippen molar-refractivity contribution >= 4 is 30.6 Å². The largest absolute Gasteiger partial charge is 0.636 e. The smallest absolute Gasteiger partial charge is 0.494 e. The van der Waals surface area contributed by atoms with Gasteiger partial charge in [-0.1, -0.05) is 30.3 Å². The number of rotatable bonds is 10. The summed E-state index contributed by atoms with van der Waals surface area (Å²) in [5, 5.41) is 2.74. The van der Waals surface area contributed by atoms with E-state index in [-0.39, 0.29) is 13.1 Å². The molecule has 1 saturated heterocycles. The van der Waals surface area contributed by atoms with Gasteiger partial charge in [-0.15, -0.1) is 0 Å². The molecule has 1 heterocycles. The van der Waals surface area contributed by atoms with Gasteiger partial charge in [0.05, 0.1) is 19.7 Å². The molecule has 1 N–H and O–H groups in total. The Morgan fingerprint density at radius 1 is 0.911 bits per heavy atom. The Morgan fingerprint density at radius 2 is 1.56 bits per heavy atom. The summed E-state index contributed by atoms with van der Waals surface area (Å²) >= 11 is 0. The van der Waals surface area contributed by atoms with Crippen LogP contribution in [0.3, 0.4) is 0 Å². The number of likely N-dealkylation sites (N-methyl/N-ethyl adjacent to an activating group) is 1. The second-order valence-electron chi connectivity index (χ2n) is 12.1. The van der Waals surface area contributed by atoms with E-state index in [1.165, 1.54) is 4.90 Å². The Kier molecular flexibility index (Phi) is 11.1. The van der Waals surface area contributed by atoms with Crippen LogP contribution < -0.4 is 20.3 Å². The van der Waals surface area contributed by atoms with E-state index in [1.54, 1.807) is 31.3 Å². The van der Waals surface area contributed by atoms with Crippen LogP contribution in [0.15, 0.2) is 60.7 Å². The zero-order valence-electron chi connectivity index (χ0n) is 26.8. The Labute approximate surface area is 265 Å². The highest BCUT2D eigenvalue weighted by molar-refractivity contribution is 6.64. The van der Waals surface area contributed by atoms with Crippen molar-refractivity contribution in [3.63, 3.8) is 0 Å². The van der Waals surface area contributed by atoms with E-state index in [0.717, 1.165) is 33.6 Å². The van der Waals surface area contributed by atoms with Gasteiger partial charge in [0.25, 0.3) is 0 Å². The maximum absolute atomic E-state index is 12.1. The fourth-order valence-corrected chi connectivity index (χ4v) is 4.90. The van der Waals surface area contributed by atoms with E-state index < -0.39 is 30.8 Å². The molecule has 4 rings (SSSR count). The molecule has 0 aromatic heterocycles. The predicted octanol–water partition coefficient (Wildman–Crippen LogP) is 4.57. The number of alkyl carbamates (subject to hydrolysis) is 1. The topological polar surface area (TPSA) is 113 Å². The van der Waals surface area contributed by atoms with Crippen LogP contribution in [0.5, 0.6) is 11.5 Å². The summed E-state index contributed by atoms with van der Waals surface area (Å²) in [5.41, 5.74) is 5.41. The molecule has 0 spiro atoms. The van der Waals surface area contributed by atoms with E-state index >= 15 is 0 Å². The molecule has 0 atom stereocenters. The first-order valence-corrected chi connectivity index (χ1v) is 15.0. The van der Waals surface area contributed by atoms with Crippen molar-refractivity contribution in [2.45, 2.75) is 53.2 Å². The average molecular weight is 617 g/mol. The Hall–Kier alpha value is -4.51. The summed E-state index contributed by atoms with van der Waals surface area (Å²) in [6.07, 6.45) is 0.226. The maximum atomic E-state index is 12.1. The van der Waals surface area contributed by atoms with Crippen LogP contribution in [-0.2, 0) is 30.2 Å². The number of amides is 1. The van der Waals surface area contributed by atoms with Crippen LogP contribution in [0.1, 0.15) is 43.9 Å². The van der Waals surface area contributed by atoms with Gasteiger partial charge in [-0.3, -0.25) is 14.5 Å². The summed E-state index contributed by atoms with van der Waals surface area (Å²) in [6, 6.07) is 19.2. The van der Waals surface area contributed by atoms with E-state index in [4.69, 9.17) is 23.5 Å². The van der Waals surface area contributed by atoms with Gasteiger partial charge in [-0.05, 0) is 106 Å². The molecule has 10 nitrogen and oxygen atoms in total. The summed E-state index contributed by atoms with van der Waals surface area (Å²) in [6.45, 7) is 10.9. The molecular formula is C34H41BN2O8. The fraction of sp³-hybridized carbons (Fsp3) is 0.382. The van der Waals surface area contributed by atoms with Crippen molar-refractivity contribution < 1.29 is 37.9 Å². The standard InChI is InChI=1S/C34H41BN2O8/c1-23-17-29(41-16-8-15-36-33(40)43-34(3,4)5)18-24(2)32(23)26-10-7-9-25(19-26)22-42-28-13-11-27(12-14-28)35-44-30(38)20-37(6)21-31(39)45-35/h7,9-14,17-19H,8,15-16,20-22H2,1-6H3,(H,36,40). The number of carbonyl (C=O) groups is 3. The van der Waals surface area contributed by atoms with Crippen molar-refractivity contribution in [3.8, 4) is 22.6 Å². The van der Waals surface area contributed by atoms with E-state index in [0.29, 0.717) is 37.4 Å². The lowest BCUT2D eigenvalue weighted by Gasteiger charge is -2.22. The second-order valence-corrected chi connectivity index (χ2v) is 12.1. The predicted molar refractivity (Wildman–Crippen MR) is 172 cm³/mol. The van der Waals surface area contributed by atoms with E-state index in [9.17, 15) is 14.4 Å². The number of nitrogens with zero attached hydrogens (tertiary/aromatic N) is 1. The summed E-state index contributed by atoms with van der Waals surface area (Å²) in [4.78, 5) is 37.5. The van der Waals surface area contributed by atoms with Crippen molar-refractivity contribution in [2.75, 3.05) is 33.3 Å². The highest BCUT2D eigenvalue weighted by Gasteiger charge is 2.33. The molecule has 1 aliphatic rings.